The van der Waals surface area contributed by atoms with Crippen molar-refractivity contribution >= 4 is 11.8 Å². The standard InChI is InChI=1S/C17H20N6O2/c1-12(24)23-9-4-13(5-10-23)16-15(18-7-8-19-16)11-20-17(25)14-3-2-6-21-22-14/h2-3,6-8,13H,4-5,9-11H2,1H3,(H,20,25). The van der Waals surface area contributed by atoms with Gasteiger partial charge in [-0.2, -0.15) is 5.10 Å². The van der Waals surface area contributed by atoms with Crippen molar-refractivity contribution in [2.75, 3.05) is 13.1 Å². The molecule has 0 radical (unpaired) electrons. The van der Waals surface area contributed by atoms with Crippen molar-refractivity contribution in [2.45, 2.75) is 32.2 Å². The molecule has 8 nitrogen and oxygen atoms in total. The van der Waals surface area contributed by atoms with Gasteiger partial charge in [-0.1, -0.05) is 0 Å². The smallest absolute Gasteiger partial charge is 0.272 e. The Morgan fingerprint density at radius 1 is 1.20 bits per heavy atom. The summed E-state index contributed by atoms with van der Waals surface area (Å²) in [7, 11) is 0. The molecular formula is C17H20N6O2. The fourth-order valence-corrected chi connectivity index (χ4v) is 3.00. The Morgan fingerprint density at radius 2 is 1.96 bits per heavy atom. The largest absolute Gasteiger partial charge is 0.345 e. The molecule has 0 aliphatic carbocycles. The molecule has 2 aromatic heterocycles. The maximum atomic E-state index is 12.1. The predicted molar refractivity (Wildman–Crippen MR) is 89.5 cm³/mol. The number of nitrogens with zero attached hydrogens (tertiary/aromatic N) is 5. The van der Waals surface area contributed by atoms with Crippen molar-refractivity contribution in [1.82, 2.24) is 30.4 Å². The summed E-state index contributed by atoms with van der Waals surface area (Å²) in [6, 6.07) is 3.27. The Hall–Kier alpha value is -2.90. The highest BCUT2D eigenvalue weighted by molar-refractivity contribution is 5.91. The van der Waals surface area contributed by atoms with Crippen LogP contribution in [0, 0.1) is 0 Å². The summed E-state index contributed by atoms with van der Waals surface area (Å²) in [6.07, 6.45) is 6.51. The first-order valence-electron chi connectivity index (χ1n) is 8.26. The highest BCUT2D eigenvalue weighted by Crippen LogP contribution is 2.28. The van der Waals surface area contributed by atoms with Crippen LogP contribution in [-0.2, 0) is 11.3 Å². The molecular weight excluding hydrogens is 320 g/mol. The molecule has 130 valence electrons. The summed E-state index contributed by atoms with van der Waals surface area (Å²) in [5.74, 6) is 0.0536. The lowest BCUT2D eigenvalue weighted by Crippen LogP contribution is -2.37. The van der Waals surface area contributed by atoms with Gasteiger partial charge in [-0.3, -0.25) is 19.6 Å². The molecule has 0 atom stereocenters. The minimum atomic E-state index is -0.295. The van der Waals surface area contributed by atoms with E-state index in [1.54, 1.807) is 31.5 Å². The van der Waals surface area contributed by atoms with Gasteiger partial charge in [0.15, 0.2) is 5.69 Å². The van der Waals surface area contributed by atoms with E-state index < -0.39 is 0 Å². The molecule has 1 aliphatic heterocycles. The zero-order valence-electron chi connectivity index (χ0n) is 14.1. The molecule has 3 heterocycles. The van der Waals surface area contributed by atoms with E-state index in [0.29, 0.717) is 0 Å². The average molecular weight is 340 g/mol. The number of aromatic nitrogens is 4. The van der Waals surface area contributed by atoms with E-state index in [1.165, 1.54) is 6.20 Å². The number of rotatable bonds is 4. The van der Waals surface area contributed by atoms with Crippen molar-refractivity contribution < 1.29 is 9.59 Å². The Labute approximate surface area is 145 Å². The molecule has 0 spiro atoms. The van der Waals surface area contributed by atoms with Gasteiger partial charge in [0.25, 0.3) is 5.91 Å². The number of carbonyl (C=O) groups excluding carboxylic acids is 2. The number of nitrogens with one attached hydrogen (secondary N) is 1. The first kappa shape index (κ1) is 16.9. The second-order valence-electron chi connectivity index (χ2n) is 5.96. The summed E-state index contributed by atoms with van der Waals surface area (Å²) >= 11 is 0. The predicted octanol–water partition coefficient (Wildman–Crippen LogP) is 0.922. The maximum Gasteiger partial charge on any atom is 0.272 e. The summed E-state index contributed by atoms with van der Waals surface area (Å²) in [5, 5.41) is 10.3. The molecule has 3 rings (SSSR count). The number of carbonyl (C=O) groups is 2. The molecule has 1 N–H and O–H groups in total. The van der Waals surface area contributed by atoms with Crippen molar-refractivity contribution in [3.63, 3.8) is 0 Å². The van der Waals surface area contributed by atoms with Gasteiger partial charge >= 0.3 is 0 Å². The quantitative estimate of drug-likeness (QED) is 0.888. The topological polar surface area (TPSA) is 101 Å². The van der Waals surface area contributed by atoms with Gasteiger partial charge in [0.05, 0.1) is 17.9 Å². The van der Waals surface area contributed by atoms with E-state index in [1.807, 2.05) is 4.90 Å². The lowest BCUT2D eigenvalue weighted by atomic mass is 9.92. The molecule has 8 heteroatoms. The number of amides is 2. The van der Waals surface area contributed by atoms with Gasteiger partial charge in [-0.25, -0.2) is 0 Å². The number of likely N-dealkylation sites (tertiary alicyclic amines) is 1. The third kappa shape index (κ3) is 4.14. The van der Waals surface area contributed by atoms with E-state index in [4.69, 9.17) is 0 Å². The van der Waals surface area contributed by atoms with Crippen molar-refractivity contribution in [1.29, 1.82) is 0 Å². The van der Waals surface area contributed by atoms with Crippen LogP contribution in [0.25, 0.3) is 0 Å². The highest BCUT2D eigenvalue weighted by Gasteiger charge is 2.25. The second kappa shape index (κ2) is 7.78. The lowest BCUT2D eigenvalue weighted by molar-refractivity contribution is -0.129. The first-order valence-corrected chi connectivity index (χ1v) is 8.26. The summed E-state index contributed by atoms with van der Waals surface area (Å²) in [4.78, 5) is 34.3. The zero-order valence-corrected chi connectivity index (χ0v) is 14.1. The molecule has 0 unspecified atom stereocenters. The Balaban J connectivity index is 1.65. The lowest BCUT2D eigenvalue weighted by Gasteiger charge is -2.31. The van der Waals surface area contributed by atoms with Crippen LogP contribution in [0.3, 0.4) is 0 Å². The van der Waals surface area contributed by atoms with Crippen LogP contribution in [-0.4, -0.2) is 50.0 Å². The van der Waals surface area contributed by atoms with Crippen LogP contribution in [0.1, 0.15) is 47.6 Å². The fraction of sp³-hybridized carbons (Fsp3) is 0.412. The SMILES string of the molecule is CC(=O)N1CCC(c2nccnc2CNC(=O)c2cccnn2)CC1. The van der Waals surface area contributed by atoms with Crippen LogP contribution in [0.2, 0.25) is 0 Å². The third-order valence-corrected chi connectivity index (χ3v) is 4.35. The molecule has 2 aromatic rings. The van der Waals surface area contributed by atoms with E-state index in [9.17, 15) is 9.59 Å². The van der Waals surface area contributed by atoms with Gasteiger partial charge < -0.3 is 10.2 Å². The minimum Gasteiger partial charge on any atom is -0.345 e. The first-order chi connectivity index (χ1) is 12.1. The Bertz CT molecular complexity index is 744. The average Bonchev–Trinajstić information content (AvgIpc) is 2.67. The van der Waals surface area contributed by atoms with Crippen LogP contribution in [0.15, 0.2) is 30.7 Å². The summed E-state index contributed by atoms with van der Waals surface area (Å²) < 4.78 is 0. The summed E-state index contributed by atoms with van der Waals surface area (Å²) in [5.41, 5.74) is 1.91. The van der Waals surface area contributed by atoms with Gasteiger partial charge in [-0.05, 0) is 25.0 Å². The summed E-state index contributed by atoms with van der Waals surface area (Å²) in [6.45, 7) is 3.32. The van der Waals surface area contributed by atoms with Crippen LogP contribution in [0.5, 0.6) is 0 Å². The molecule has 0 bridgehead atoms. The van der Waals surface area contributed by atoms with Crippen molar-refractivity contribution in [3.8, 4) is 0 Å². The van der Waals surface area contributed by atoms with E-state index >= 15 is 0 Å². The second-order valence-corrected chi connectivity index (χ2v) is 5.96. The highest BCUT2D eigenvalue weighted by atomic mass is 16.2. The molecule has 25 heavy (non-hydrogen) atoms. The van der Waals surface area contributed by atoms with Gasteiger partial charge in [0, 0.05) is 44.5 Å². The number of hydrogen-bond donors (Lipinski definition) is 1. The van der Waals surface area contributed by atoms with Crippen LogP contribution >= 0.6 is 0 Å². The Morgan fingerprint density at radius 3 is 2.64 bits per heavy atom. The van der Waals surface area contributed by atoms with E-state index in [0.717, 1.165) is 37.3 Å². The van der Waals surface area contributed by atoms with Crippen LogP contribution in [0.4, 0.5) is 0 Å². The monoisotopic (exact) mass is 340 g/mol. The fourth-order valence-electron chi connectivity index (χ4n) is 3.00. The zero-order chi connectivity index (χ0) is 17.6. The molecule has 1 fully saturated rings. The molecule has 1 saturated heterocycles. The maximum absolute atomic E-state index is 12.1. The normalized spacial score (nSPS) is 15.0. The van der Waals surface area contributed by atoms with E-state index in [-0.39, 0.29) is 30.0 Å². The van der Waals surface area contributed by atoms with Crippen molar-refractivity contribution in [2.24, 2.45) is 0 Å². The van der Waals surface area contributed by atoms with Crippen molar-refractivity contribution in [3.05, 3.63) is 47.8 Å². The minimum absolute atomic E-state index is 0.106. The third-order valence-electron chi connectivity index (χ3n) is 4.35. The van der Waals surface area contributed by atoms with Gasteiger partial charge in [0.1, 0.15) is 0 Å². The molecule has 0 aromatic carbocycles. The molecule has 1 aliphatic rings. The van der Waals surface area contributed by atoms with Gasteiger partial charge in [0.2, 0.25) is 5.91 Å². The molecule has 0 saturated carbocycles. The van der Waals surface area contributed by atoms with Crippen LogP contribution < -0.4 is 5.32 Å². The van der Waals surface area contributed by atoms with E-state index in [2.05, 4.69) is 25.5 Å². The van der Waals surface area contributed by atoms with Gasteiger partial charge in [-0.15, -0.1) is 5.10 Å². The number of hydrogen-bond acceptors (Lipinski definition) is 6. The number of piperidine rings is 1. The molecule has 2 amide bonds. The Kier molecular flexibility index (Phi) is 5.27.